The predicted octanol–water partition coefficient (Wildman–Crippen LogP) is 1.77. The zero-order chi connectivity index (χ0) is 51.3. The van der Waals surface area contributed by atoms with Gasteiger partial charge in [-0.3, -0.25) is 24.0 Å². The maximum Gasteiger partial charge on any atom is 0.317 e. The molecular weight excluding hydrogens is 885 g/mol. The van der Waals surface area contributed by atoms with Crippen LogP contribution in [0.3, 0.4) is 0 Å². The molecule has 1 saturated carbocycles. The van der Waals surface area contributed by atoms with Gasteiger partial charge in [0.15, 0.2) is 0 Å². The Kier molecular flexibility index (Phi) is 28.8. The van der Waals surface area contributed by atoms with E-state index in [0.717, 1.165) is 77.0 Å². The van der Waals surface area contributed by atoms with E-state index in [0.29, 0.717) is 62.9 Å². The van der Waals surface area contributed by atoms with Crippen molar-refractivity contribution in [3.63, 3.8) is 0 Å². The average Bonchev–Trinajstić information content (AvgIpc) is 3.87. The van der Waals surface area contributed by atoms with Crippen molar-refractivity contribution in [1.29, 1.82) is 0 Å². The number of primary amides is 1. The fourth-order valence-corrected chi connectivity index (χ4v) is 9.21. The Hall–Kier alpha value is -5.34. The summed E-state index contributed by atoms with van der Waals surface area (Å²) >= 11 is 0. The van der Waals surface area contributed by atoms with E-state index >= 15 is 0 Å². The van der Waals surface area contributed by atoms with Crippen LogP contribution in [0, 0.1) is 0 Å². The number of carbonyl (C=O) groups is 8. The van der Waals surface area contributed by atoms with E-state index in [1.54, 1.807) is 30.7 Å². The Bertz CT molecular complexity index is 1710. The van der Waals surface area contributed by atoms with Gasteiger partial charge in [0, 0.05) is 69.4 Å². The van der Waals surface area contributed by atoms with E-state index < -0.39 is 18.1 Å². The summed E-state index contributed by atoms with van der Waals surface area (Å²) in [5, 5.41) is 17.3. The summed E-state index contributed by atoms with van der Waals surface area (Å²) in [6, 6.07) is 9.41. The van der Waals surface area contributed by atoms with Gasteiger partial charge >= 0.3 is 12.1 Å². The number of likely N-dealkylation sites (N-methyl/N-ethyl adjacent to an activating group) is 1. The van der Waals surface area contributed by atoms with Crippen LogP contribution in [0.1, 0.15) is 123 Å². The van der Waals surface area contributed by atoms with E-state index in [4.69, 9.17) is 4.79 Å². The average molecular weight is 971 g/mol. The third-order valence-electron chi connectivity index (χ3n) is 13.7. The number of nitrogens with two attached hydrogens (primary N) is 2. The van der Waals surface area contributed by atoms with E-state index in [9.17, 15) is 33.6 Å². The Morgan fingerprint density at radius 3 is 2.12 bits per heavy atom. The summed E-state index contributed by atoms with van der Waals surface area (Å²) in [6.07, 6.45) is 12.9. The first-order valence-corrected chi connectivity index (χ1v) is 25.0. The molecule has 0 radical (unpaired) electrons. The smallest absolute Gasteiger partial charge is 0.317 e. The molecule has 0 aromatic heterocycles. The molecule has 5 rings (SSSR count). The van der Waals surface area contributed by atoms with Crippen molar-refractivity contribution in [2.75, 3.05) is 60.4 Å². The molecule has 0 spiro atoms. The number of aldehydes is 1. The van der Waals surface area contributed by atoms with Crippen LogP contribution in [0.4, 0.5) is 9.59 Å². The second kappa shape index (κ2) is 33.2. The molecule has 390 valence electrons. The van der Waals surface area contributed by atoms with Crippen molar-refractivity contribution in [1.82, 2.24) is 51.5 Å². The van der Waals surface area contributed by atoms with Crippen molar-refractivity contribution < 1.29 is 38.4 Å². The van der Waals surface area contributed by atoms with Gasteiger partial charge in [0.05, 0.1) is 12.6 Å². The molecule has 4 aliphatic rings. The molecule has 3 aliphatic heterocycles. The largest absolute Gasteiger partial charge is 0.372 e. The zero-order valence-electron chi connectivity index (χ0n) is 42.5. The first-order valence-electron chi connectivity index (χ1n) is 25.0. The third kappa shape index (κ3) is 20.3. The maximum atomic E-state index is 13.6. The normalized spacial score (nSPS) is 23.6. The highest BCUT2D eigenvalue weighted by molar-refractivity contribution is 5.91. The maximum absolute atomic E-state index is 13.6. The van der Waals surface area contributed by atoms with E-state index in [-0.39, 0.29) is 67.8 Å². The highest BCUT2D eigenvalue weighted by Gasteiger charge is 2.41. The van der Waals surface area contributed by atoms with Crippen molar-refractivity contribution in [2.24, 2.45) is 11.5 Å². The molecule has 69 heavy (non-hydrogen) atoms. The van der Waals surface area contributed by atoms with Gasteiger partial charge in [-0.2, -0.15) is 0 Å². The van der Waals surface area contributed by atoms with Gasteiger partial charge < -0.3 is 67.8 Å². The molecule has 3 unspecified atom stereocenters. The summed E-state index contributed by atoms with van der Waals surface area (Å²) < 4.78 is 0. The number of likely N-dealkylation sites (tertiary alicyclic amines) is 1. The number of amides is 9. The fourth-order valence-electron chi connectivity index (χ4n) is 9.21. The zero-order valence-corrected chi connectivity index (χ0v) is 42.5. The number of nitrogens with zero attached hydrogens (tertiary/aromatic N) is 4. The minimum atomic E-state index is -0.805. The molecule has 1 aromatic carbocycles. The molecule has 10 N–H and O–H groups in total. The van der Waals surface area contributed by atoms with Crippen molar-refractivity contribution >= 4 is 48.9 Å². The number of rotatable bonds is 21. The van der Waals surface area contributed by atoms with Crippen LogP contribution < -0.4 is 43.4 Å². The SMILES string of the molecule is CCC(=O)N[C@H](C=O)CN(CC[C@@H]1CC[C@H](C)N1C)C(=O)NCCCCCCNC(=O)N1CC[C@H]2CCC(C)N2C(=O)C(NC(=O)C(C)NC)C1.CN.NC=O.O=CNC1CC(c2ccccc2)C1. The second-order valence-electron chi connectivity index (χ2n) is 18.4. The lowest BCUT2D eigenvalue weighted by molar-refractivity contribution is -0.140. The Balaban J connectivity index is 0.000000756. The number of unbranched alkanes of at least 4 members (excludes halogenated alkanes) is 3. The van der Waals surface area contributed by atoms with Crippen molar-refractivity contribution in [2.45, 2.75) is 165 Å². The quantitative estimate of drug-likeness (QED) is 0.0650. The van der Waals surface area contributed by atoms with Crippen LogP contribution in [0.5, 0.6) is 0 Å². The molecule has 7 atom stereocenters. The van der Waals surface area contributed by atoms with Crippen LogP contribution in [-0.2, 0) is 28.8 Å². The minimum Gasteiger partial charge on any atom is -0.372 e. The number of carbonyl (C=O) groups excluding carboxylic acids is 8. The molecule has 20 nitrogen and oxygen atoms in total. The van der Waals surface area contributed by atoms with Gasteiger partial charge in [0.2, 0.25) is 30.5 Å². The number of fused-ring (bicyclic) bond motifs is 1. The molecule has 4 fully saturated rings. The first-order chi connectivity index (χ1) is 33.2. The molecule has 1 aliphatic carbocycles. The van der Waals surface area contributed by atoms with Crippen molar-refractivity contribution in [3.05, 3.63) is 35.9 Å². The van der Waals surface area contributed by atoms with Crippen LogP contribution >= 0.6 is 0 Å². The summed E-state index contributed by atoms with van der Waals surface area (Å²) in [6.45, 7) is 9.90. The third-order valence-corrected chi connectivity index (χ3v) is 13.7. The Morgan fingerprint density at radius 1 is 0.899 bits per heavy atom. The molecule has 3 heterocycles. The highest BCUT2D eigenvalue weighted by Crippen LogP contribution is 2.36. The number of nitrogens with one attached hydrogen (secondary N) is 6. The topological polar surface area (TPSA) is 274 Å². The molecule has 9 amide bonds. The van der Waals surface area contributed by atoms with Gasteiger partial charge in [0.25, 0.3) is 0 Å². The van der Waals surface area contributed by atoms with Crippen LogP contribution in [-0.4, -0.2) is 177 Å². The fraction of sp³-hybridized carbons (Fsp3) is 0.714. The van der Waals surface area contributed by atoms with E-state index in [2.05, 4.69) is 86.5 Å². The van der Waals surface area contributed by atoms with Crippen LogP contribution in [0.25, 0.3) is 0 Å². The molecular formula is C49H86N12O8. The second-order valence-corrected chi connectivity index (χ2v) is 18.4. The number of urea groups is 2. The lowest BCUT2D eigenvalue weighted by atomic mass is 9.76. The first kappa shape index (κ1) is 59.8. The van der Waals surface area contributed by atoms with E-state index in [1.165, 1.54) is 12.6 Å². The molecule has 0 bridgehead atoms. The van der Waals surface area contributed by atoms with Gasteiger partial charge in [-0.1, -0.05) is 50.1 Å². The van der Waals surface area contributed by atoms with Crippen LogP contribution in [0.2, 0.25) is 0 Å². The lowest BCUT2D eigenvalue weighted by Crippen LogP contribution is -2.61. The summed E-state index contributed by atoms with van der Waals surface area (Å²) in [5.74, 6) is 0.0183. The number of benzene rings is 1. The molecule has 3 saturated heterocycles. The monoisotopic (exact) mass is 971 g/mol. The Morgan fingerprint density at radius 2 is 1.54 bits per heavy atom. The van der Waals surface area contributed by atoms with Crippen LogP contribution in [0.15, 0.2) is 30.3 Å². The summed E-state index contributed by atoms with van der Waals surface area (Å²) in [5.41, 5.74) is 10.1. The molecule has 20 heteroatoms. The lowest BCUT2D eigenvalue weighted by Gasteiger charge is -2.38. The number of hydrogen-bond acceptors (Lipinski definition) is 11. The van der Waals surface area contributed by atoms with Gasteiger partial charge in [-0.25, -0.2) is 9.59 Å². The summed E-state index contributed by atoms with van der Waals surface area (Å²) in [4.78, 5) is 103. The predicted molar refractivity (Wildman–Crippen MR) is 268 cm³/mol. The van der Waals surface area contributed by atoms with Gasteiger partial charge in [-0.05, 0) is 118 Å². The van der Waals surface area contributed by atoms with Gasteiger partial charge in [-0.15, -0.1) is 0 Å². The van der Waals surface area contributed by atoms with Gasteiger partial charge in [0.1, 0.15) is 18.4 Å². The van der Waals surface area contributed by atoms with Crippen molar-refractivity contribution in [3.8, 4) is 0 Å². The summed E-state index contributed by atoms with van der Waals surface area (Å²) in [7, 11) is 5.30. The molecule has 1 aromatic rings. The Labute approximate surface area is 410 Å². The minimum absolute atomic E-state index is 0.0583. The highest BCUT2D eigenvalue weighted by atomic mass is 16.2. The number of hydrogen-bond donors (Lipinski definition) is 8. The standard InChI is InChI=1S/C36H65N9O6.C11H13NO.CH3NO.CH5N/c1-7-32(47)40-28(24-46)22-43(20-16-29-14-12-25(2)42(29)6)35(50)38-18-10-8-9-11-19-39-36(51)44-21-17-30-15-13-26(3)45(30)34(49)31(23-44)41-33(48)27(4)37-5;13-8-12-11-6-10(7-11)9-4-2-1-3-5-9;2-1-3;1-2/h24-31,37H,7-23H2,1-6H3,(H,38,50)(H,39,51)(H,40,47)(H,41,48);1-5,8,10-11H,6-7H2,(H,12,13);1H,(H2,2,3);2H2,1H3/t25-,26?,27?,28-,29-,30+,31?;;;/m0.../s1. The van der Waals surface area contributed by atoms with E-state index in [1.807, 2.05) is 17.9 Å².